The van der Waals surface area contributed by atoms with Crippen molar-refractivity contribution < 1.29 is 0 Å². The van der Waals surface area contributed by atoms with Gasteiger partial charge in [-0.3, -0.25) is 0 Å². The van der Waals surface area contributed by atoms with Crippen LogP contribution < -0.4 is 5.32 Å². The molecule has 0 atom stereocenters. The molecule has 0 radical (unpaired) electrons. The summed E-state index contributed by atoms with van der Waals surface area (Å²) in [6.07, 6.45) is 2.79. The van der Waals surface area contributed by atoms with Gasteiger partial charge in [-0.25, -0.2) is 9.67 Å². The van der Waals surface area contributed by atoms with Crippen molar-refractivity contribution in [2.45, 2.75) is 40.3 Å². The van der Waals surface area contributed by atoms with E-state index in [0.29, 0.717) is 5.92 Å². The first-order chi connectivity index (χ1) is 6.74. The van der Waals surface area contributed by atoms with Crippen LogP contribution in [0.25, 0.3) is 0 Å². The van der Waals surface area contributed by atoms with Crippen molar-refractivity contribution >= 4 is 0 Å². The van der Waals surface area contributed by atoms with E-state index in [1.165, 1.54) is 0 Å². The fourth-order valence-electron chi connectivity index (χ4n) is 1.23. The summed E-state index contributed by atoms with van der Waals surface area (Å²) < 4.78 is 1.99. The van der Waals surface area contributed by atoms with Crippen LogP contribution in [0, 0.1) is 5.92 Å². The molecule has 0 bridgehead atoms. The highest BCUT2D eigenvalue weighted by Gasteiger charge is 2.03. The second kappa shape index (κ2) is 5.75. The average Bonchev–Trinajstić information content (AvgIpc) is 2.58. The molecular weight excluding hydrogens is 176 g/mol. The quantitative estimate of drug-likeness (QED) is 0.748. The molecule has 0 saturated heterocycles. The Bertz CT molecular complexity index is 254. The molecule has 0 aromatic carbocycles. The molecule has 0 aliphatic heterocycles. The van der Waals surface area contributed by atoms with E-state index in [1.807, 2.05) is 4.68 Å². The molecule has 1 rings (SSSR count). The maximum absolute atomic E-state index is 4.22. The molecule has 0 saturated carbocycles. The minimum absolute atomic E-state index is 0.714. The van der Waals surface area contributed by atoms with E-state index in [2.05, 4.69) is 36.2 Å². The Morgan fingerprint density at radius 1 is 1.50 bits per heavy atom. The average molecular weight is 196 g/mol. The molecule has 14 heavy (non-hydrogen) atoms. The molecule has 0 aliphatic rings. The number of rotatable bonds is 6. The maximum atomic E-state index is 4.22. The SMILES string of the molecule is CCNCc1ncnn1CCC(C)C. The maximum Gasteiger partial charge on any atom is 0.140 e. The van der Waals surface area contributed by atoms with Gasteiger partial charge in [0.25, 0.3) is 0 Å². The van der Waals surface area contributed by atoms with E-state index in [-0.39, 0.29) is 0 Å². The van der Waals surface area contributed by atoms with Crippen molar-refractivity contribution in [1.82, 2.24) is 20.1 Å². The van der Waals surface area contributed by atoms with Crippen molar-refractivity contribution in [2.75, 3.05) is 6.54 Å². The van der Waals surface area contributed by atoms with Gasteiger partial charge in [-0.15, -0.1) is 0 Å². The second-order valence-electron chi connectivity index (χ2n) is 3.86. The Kier molecular flexibility index (Phi) is 4.59. The van der Waals surface area contributed by atoms with Crippen LogP contribution in [0.15, 0.2) is 6.33 Å². The van der Waals surface area contributed by atoms with Gasteiger partial charge in [0, 0.05) is 6.54 Å². The predicted octanol–water partition coefficient (Wildman–Crippen LogP) is 1.43. The lowest BCUT2D eigenvalue weighted by atomic mass is 10.1. The fraction of sp³-hybridized carbons (Fsp3) is 0.800. The van der Waals surface area contributed by atoms with Crippen molar-refractivity contribution in [1.29, 1.82) is 0 Å². The monoisotopic (exact) mass is 196 g/mol. The Morgan fingerprint density at radius 2 is 2.29 bits per heavy atom. The topological polar surface area (TPSA) is 42.7 Å². The summed E-state index contributed by atoms with van der Waals surface area (Å²) in [6, 6.07) is 0. The van der Waals surface area contributed by atoms with E-state index < -0.39 is 0 Å². The standard InChI is InChI=1S/C10H20N4/c1-4-11-7-10-12-8-13-14(10)6-5-9(2)3/h8-9,11H,4-7H2,1-3H3. The molecule has 80 valence electrons. The van der Waals surface area contributed by atoms with Gasteiger partial charge in [0.1, 0.15) is 12.2 Å². The fourth-order valence-corrected chi connectivity index (χ4v) is 1.23. The van der Waals surface area contributed by atoms with Crippen LogP contribution in [0.3, 0.4) is 0 Å². The molecule has 0 fully saturated rings. The van der Waals surface area contributed by atoms with E-state index in [0.717, 1.165) is 31.9 Å². The lowest BCUT2D eigenvalue weighted by Gasteiger charge is -2.07. The van der Waals surface area contributed by atoms with Crippen molar-refractivity contribution in [3.8, 4) is 0 Å². The van der Waals surface area contributed by atoms with E-state index in [1.54, 1.807) is 6.33 Å². The molecule has 1 heterocycles. The molecule has 0 spiro atoms. The zero-order chi connectivity index (χ0) is 10.4. The lowest BCUT2D eigenvalue weighted by molar-refractivity contribution is 0.467. The van der Waals surface area contributed by atoms with Crippen LogP contribution in [0.1, 0.15) is 33.0 Å². The number of hydrogen-bond acceptors (Lipinski definition) is 3. The van der Waals surface area contributed by atoms with Gasteiger partial charge in [0.2, 0.25) is 0 Å². The van der Waals surface area contributed by atoms with Gasteiger partial charge < -0.3 is 5.32 Å². The Morgan fingerprint density at radius 3 is 2.93 bits per heavy atom. The number of nitrogens with one attached hydrogen (secondary N) is 1. The lowest BCUT2D eigenvalue weighted by Crippen LogP contribution is -2.17. The van der Waals surface area contributed by atoms with Crippen molar-refractivity contribution in [3.05, 3.63) is 12.2 Å². The van der Waals surface area contributed by atoms with Gasteiger partial charge >= 0.3 is 0 Å². The van der Waals surface area contributed by atoms with E-state index in [4.69, 9.17) is 0 Å². The Balaban J connectivity index is 2.45. The summed E-state index contributed by atoms with van der Waals surface area (Å²) >= 11 is 0. The zero-order valence-corrected chi connectivity index (χ0v) is 9.32. The number of aryl methyl sites for hydroxylation is 1. The summed E-state index contributed by atoms with van der Waals surface area (Å²) in [6.45, 7) is 9.29. The molecular formula is C10H20N4. The summed E-state index contributed by atoms with van der Waals surface area (Å²) in [7, 11) is 0. The molecule has 1 N–H and O–H groups in total. The number of aromatic nitrogens is 3. The normalized spacial score (nSPS) is 11.1. The van der Waals surface area contributed by atoms with Crippen molar-refractivity contribution in [3.63, 3.8) is 0 Å². The first-order valence-electron chi connectivity index (χ1n) is 5.31. The Labute approximate surface area is 85.7 Å². The first kappa shape index (κ1) is 11.2. The zero-order valence-electron chi connectivity index (χ0n) is 9.32. The third kappa shape index (κ3) is 3.46. The van der Waals surface area contributed by atoms with Gasteiger partial charge in [-0.2, -0.15) is 5.10 Å². The van der Waals surface area contributed by atoms with E-state index >= 15 is 0 Å². The smallest absolute Gasteiger partial charge is 0.140 e. The van der Waals surface area contributed by atoms with Gasteiger partial charge in [-0.1, -0.05) is 20.8 Å². The minimum atomic E-state index is 0.714. The minimum Gasteiger partial charge on any atom is -0.310 e. The molecule has 4 nitrogen and oxygen atoms in total. The molecule has 0 unspecified atom stereocenters. The third-order valence-electron chi connectivity index (χ3n) is 2.15. The predicted molar refractivity (Wildman–Crippen MR) is 56.9 cm³/mol. The summed E-state index contributed by atoms with van der Waals surface area (Å²) in [5, 5.41) is 7.46. The molecule has 1 aromatic heterocycles. The third-order valence-corrected chi connectivity index (χ3v) is 2.15. The summed E-state index contributed by atoms with van der Waals surface area (Å²) in [5.41, 5.74) is 0. The number of hydrogen-bond donors (Lipinski definition) is 1. The van der Waals surface area contributed by atoms with Crippen molar-refractivity contribution in [2.24, 2.45) is 5.92 Å². The second-order valence-corrected chi connectivity index (χ2v) is 3.86. The number of nitrogens with zero attached hydrogens (tertiary/aromatic N) is 3. The van der Waals surface area contributed by atoms with E-state index in [9.17, 15) is 0 Å². The highest BCUT2D eigenvalue weighted by Crippen LogP contribution is 2.03. The first-order valence-corrected chi connectivity index (χ1v) is 5.31. The highest BCUT2D eigenvalue weighted by molar-refractivity contribution is 4.83. The molecule has 1 aromatic rings. The summed E-state index contributed by atoms with van der Waals surface area (Å²) in [5.74, 6) is 1.75. The molecule has 4 heteroatoms. The van der Waals surface area contributed by atoms with Gasteiger partial charge in [-0.05, 0) is 18.9 Å². The largest absolute Gasteiger partial charge is 0.310 e. The Hall–Kier alpha value is -0.900. The molecule has 0 aliphatic carbocycles. The van der Waals surface area contributed by atoms with Crippen LogP contribution in [0.4, 0.5) is 0 Å². The van der Waals surface area contributed by atoms with Crippen LogP contribution >= 0.6 is 0 Å². The summed E-state index contributed by atoms with van der Waals surface area (Å²) in [4.78, 5) is 4.22. The van der Waals surface area contributed by atoms with Gasteiger partial charge in [0.05, 0.1) is 6.54 Å². The highest BCUT2D eigenvalue weighted by atomic mass is 15.3. The molecule has 0 amide bonds. The van der Waals surface area contributed by atoms with Crippen LogP contribution in [0.5, 0.6) is 0 Å². The van der Waals surface area contributed by atoms with Crippen LogP contribution in [-0.4, -0.2) is 21.3 Å². The van der Waals surface area contributed by atoms with Crippen LogP contribution in [0.2, 0.25) is 0 Å². The van der Waals surface area contributed by atoms with Crippen LogP contribution in [-0.2, 0) is 13.1 Å². The van der Waals surface area contributed by atoms with Gasteiger partial charge in [0.15, 0.2) is 0 Å².